The van der Waals surface area contributed by atoms with Gasteiger partial charge in [-0.2, -0.15) is 0 Å². The van der Waals surface area contributed by atoms with E-state index in [1.165, 1.54) is 25.7 Å². The normalized spacial score (nSPS) is 9.08. The molecule has 0 saturated heterocycles. The van der Waals surface area contributed by atoms with Crippen LogP contribution in [-0.2, 0) is 4.79 Å². The van der Waals surface area contributed by atoms with Crippen molar-refractivity contribution in [2.75, 3.05) is 0 Å². The van der Waals surface area contributed by atoms with Gasteiger partial charge < -0.3 is 5.73 Å². The Hall–Kier alpha value is -0.240. The number of hydrogen-bond acceptors (Lipinski definition) is 1. The second-order valence-corrected chi connectivity index (χ2v) is 2.98. The SMILES string of the molecule is CCCCCCCCC(N)=O.Cl. The van der Waals surface area contributed by atoms with Gasteiger partial charge >= 0.3 is 0 Å². The molecule has 0 aliphatic rings. The van der Waals surface area contributed by atoms with E-state index in [2.05, 4.69) is 6.92 Å². The molecule has 12 heavy (non-hydrogen) atoms. The van der Waals surface area contributed by atoms with Crippen molar-refractivity contribution >= 4 is 18.3 Å². The Kier molecular flexibility index (Phi) is 12.8. The van der Waals surface area contributed by atoms with Crippen molar-refractivity contribution in [2.45, 2.75) is 51.9 Å². The maximum absolute atomic E-state index is 10.3. The molecular weight excluding hydrogens is 174 g/mol. The minimum atomic E-state index is -0.166. The first-order valence-electron chi connectivity index (χ1n) is 4.55. The van der Waals surface area contributed by atoms with Crippen LogP contribution in [0.1, 0.15) is 51.9 Å². The topological polar surface area (TPSA) is 43.1 Å². The van der Waals surface area contributed by atoms with Gasteiger partial charge in [-0.15, -0.1) is 12.4 Å². The van der Waals surface area contributed by atoms with Gasteiger partial charge in [0.25, 0.3) is 0 Å². The third-order valence-corrected chi connectivity index (χ3v) is 1.78. The second kappa shape index (κ2) is 10.8. The second-order valence-electron chi connectivity index (χ2n) is 2.98. The molecule has 0 radical (unpaired) electrons. The van der Waals surface area contributed by atoms with E-state index >= 15 is 0 Å². The smallest absolute Gasteiger partial charge is 0.217 e. The zero-order chi connectivity index (χ0) is 8.53. The Morgan fingerprint density at radius 2 is 1.58 bits per heavy atom. The summed E-state index contributed by atoms with van der Waals surface area (Å²) in [5.74, 6) is -0.166. The van der Waals surface area contributed by atoms with Crippen LogP contribution >= 0.6 is 12.4 Å². The quantitative estimate of drug-likeness (QED) is 0.621. The van der Waals surface area contributed by atoms with Crippen molar-refractivity contribution in [3.05, 3.63) is 0 Å². The maximum Gasteiger partial charge on any atom is 0.217 e. The summed E-state index contributed by atoms with van der Waals surface area (Å²) in [5, 5.41) is 0. The summed E-state index contributed by atoms with van der Waals surface area (Å²) in [6, 6.07) is 0. The van der Waals surface area contributed by atoms with Gasteiger partial charge in [-0.05, 0) is 6.42 Å². The van der Waals surface area contributed by atoms with Crippen molar-refractivity contribution in [1.82, 2.24) is 0 Å². The number of carbonyl (C=O) groups is 1. The van der Waals surface area contributed by atoms with Gasteiger partial charge in [0, 0.05) is 6.42 Å². The minimum absolute atomic E-state index is 0. The lowest BCUT2D eigenvalue weighted by Gasteiger charge is -1.97. The Bertz CT molecular complexity index is 107. The molecule has 0 unspecified atom stereocenters. The Morgan fingerprint density at radius 1 is 1.08 bits per heavy atom. The van der Waals surface area contributed by atoms with Crippen LogP contribution in [0.4, 0.5) is 0 Å². The van der Waals surface area contributed by atoms with Crippen LogP contribution in [0.25, 0.3) is 0 Å². The van der Waals surface area contributed by atoms with Crippen LogP contribution in [0.5, 0.6) is 0 Å². The number of unbranched alkanes of at least 4 members (excludes halogenated alkanes) is 5. The van der Waals surface area contributed by atoms with Crippen LogP contribution in [0.15, 0.2) is 0 Å². The molecule has 0 aromatic rings. The highest BCUT2D eigenvalue weighted by molar-refractivity contribution is 5.85. The zero-order valence-electron chi connectivity index (χ0n) is 7.84. The molecule has 1 amide bonds. The third kappa shape index (κ3) is 12.4. The molecule has 74 valence electrons. The molecule has 0 aromatic carbocycles. The zero-order valence-corrected chi connectivity index (χ0v) is 8.66. The molecule has 0 aliphatic heterocycles. The molecule has 0 heterocycles. The van der Waals surface area contributed by atoms with E-state index in [9.17, 15) is 4.79 Å². The predicted octanol–water partition coefficient (Wildman–Crippen LogP) is 2.64. The Labute approximate surface area is 81.3 Å². The number of nitrogens with two attached hydrogens (primary N) is 1. The van der Waals surface area contributed by atoms with Crippen molar-refractivity contribution < 1.29 is 4.79 Å². The van der Waals surface area contributed by atoms with Crippen molar-refractivity contribution in [3.63, 3.8) is 0 Å². The largest absolute Gasteiger partial charge is 0.370 e. The first kappa shape index (κ1) is 14.3. The fraction of sp³-hybridized carbons (Fsp3) is 0.889. The number of amides is 1. The fourth-order valence-electron chi connectivity index (χ4n) is 1.08. The van der Waals surface area contributed by atoms with Gasteiger partial charge in [0.1, 0.15) is 0 Å². The third-order valence-electron chi connectivity index (χ3n) is 1.78. The van der Waals surface area contributed by atoms with Gasteiger partial charge in [0.2, 0.25) is 5.91 Å². The molecule has 0 rings (SSSR count). The molecule has 2 N–H and O–H groups in total. The molecular formula is C9H20ClNO. The molecule has 0 aromatic heterocycles. The van der Waals surface area contributed by atoms with Crippen molar-refractivity contribution in [3.8, 4) is 0 Å². The summed E-state index contributed by atoms with van der Waals surface area (Å²) in [6.07, 6.45) is 7.83. The van der Waals surface area contributed by atoms with E-state index < -0.39 is 0 Å². The summed E-state index contributed by atoms with van der Waals surface area (Å²) in [5.41, 5.74) is 4.99. The van der Waals surface area contributed by atoms with E-state index in [0.717, 1.165) is 12.8 Å². The van der Waals surface area contributed by atoms with E-state index in [1.54, 1.807) is 0 Å². The maximum atomic E-state index is 10.3. The monoisotopic (exact) mass is 193 g/mol. The van der Waals surface area contributed by atoms with E-state index in [-0.39, 0.29) is 18.3 Å². The number of hydrogen-bond donors (Lipinski definition) is 1. The number of carbonyl (C=O) groups excluding carboxylic acids is 1. The lowest BCUT2D eigenvalue weighted by molar-refractivity contribution is -0.118. The fourth-order valence-corrected chi connectivity index (χ4v) is 1.08. The predicted molar refractivity (Wildman–Crippen MR) is 54.4 cm³/mol. The molecule has 0 spiro atoms. The molecule has 0 atom stereocenters. The van der Waals surface area contributed by atoms with Gasteiger partial charge in [-0.25, -0.2) is 0 Å². The highest BCUT2D eigenvalue weighted by atomic mass is 35.5. The summed E-state index contributed by atoms with van der Waals surface area (Å²) in [7, 11) is 0. The number of primary amides is 1. The number of rotatable bonds is 7. The first-order chi connectivity index (χ1) is 5.27. The summed E-state index contributed by atoms with van der Waals surface area (Å²) in [6.45, 7) is 2.20. The summed E-state index contributed by atoms with van der Waals surface area (Å²) >= 11 is 0. The van der Waals surface area contributed by atoms with Gasteiger partial charge in [-0.1, -0.05) is 39.0 Å². The lowest BCUT2D eigenvalue weighted by Crippen LogP contribution is -2.09. The van der Waals surface area contributed by atoms with E-state index in [1.807, 2.05) is 0 Å². The van der Waals surface area contributed by atoms with Crippen LogP contribution in [0.3, 0.4) is 0 Å². The molecule has 2 nitrogen and oxygen atoms in total. The average molecular weight is 194 g/mol. The molecule has 0 bridgehead atoms. The van der Waals surface area contributed by atoms with E-state index in [4.69, 9.17) is 5.73 Å². The lowest BCUT2D eigenvalue weighted by atomic mass is 10.1. The standard InChI is InChI=1S/C9H19NO.ClH/c1-2-3-4-5-6-7-8-9(10)11;/h2-8H2,1H3,(H2,10,11);1H. The van der Waals surface area contributed by atoms with Crippen LogP contribution in [0, 0.1) is 0 Å². The van der Waals surface area contributed by atoms with Crippen molar-refractivity contribution in [2.24, 2.45) is 5.73 Å². The highest BCUT2D eigenvalue weighted by Gasteiger charge is 1.93. The minimum Gasteiger partial charge on any atom is -0.370 e. The molecule has 0 saturated carbocycles. The van der Waals surface area contributed by atoms with Crippen molar-refractivity contribution in [1.29, 1.82) is 0 Å². The Morgan fingerprint density at radius 3 is 2.08 bits per heavy atom. The van der Waals surface area contributed by atoms with Gasteiger partial charge in [-0.3, -0.25) is 4.79 Å². The van der Waals surface area contributed by atoms with Crippen LogP contribution in [-0.4, -0.2) is 5.91 Å². The van der Waals surface area contributed by atoms with Gasteiger partial charge in [0.05, 0.1) is 0 Å². The molecule has 0 aliphatic carbocycles. The summed E-state index contributed by atoms with van der Waals surface area (Å²) < 4.78 is 0. The van der Waals surface area contributed by atoms with Crippen LogP contribution in [0.2, 0.25) is 0 Å². The van der Waals surface area contributed by atoms with Crippen LogP contribution < -0.4 is 5.73 Å². The Balaban J connectivity index is 0. The summed E-state index contributed by atoms with van der Waals surface area (Å²) in [4.78, 5) is 10.3. The van der Waals surface area contributed by atoms with Gasteiger partial charge in [0.15, 0.2) is 0 Å². The number of halogens is 1. The first-order valence-corrected chi connectivity index (χ1v) is 4.55. The average Bonchev–Trinajstić information content (AvgIpc) is 1.96. The molecule has 3 heteroatoms. The molecule has 0 fully saturated rings. The van der Waals surface area contributed by atoms with E-state index in [0.29, 0.717) is 6.42 Å². The highest BCUT2D eigenvalue weighted by Crippen LogP contribution is 2.05.